The Kier molecular flexibility index (Phi) is 35.9. The minimum Gasteiger partial charge on any atom is -0.501 e. The summed E-state index contributed by atoms with van der Waals surface area (Å²) in [5.41, 5.74) is -3.11. The quantitative estimate of drug-likeness (QED) is 0.0117. The fourth-order valence-electron chi connectivity index (χ4n) is 15.4. The van der Waals surface area contributed by atoms with Crippen LogP contribution < -0.4 is 73.6 Å². The monoisotopic (exact) mass is 2140 g/mol. The van der Waals surface area contributed by atoms with E-state index in [1.165, 1.54) is 68.5 Å². The van der Waals surface area contributed by atoms with Crippen molar-refractivity contribution in [3.8, 4) is 23.0 Å². The summed E-state index contributed by atoms with van der Waals surface area (Å²) in [6.45, 7) is 22.1. The van der Waals surface area contributed by atoms with Crippen LogP contribution in [0.5, 0.6) is 23.0 Å². The zero-order chi connectivity index (χ0) is 103. The summed E-state index contributed by atoms with van der Waals surface area (Å²) in [7, 11) is -12.5. The molecule has 11 aromatic rings. The van der Waals surface area contributed by atoms with Crippen molar-refractivity contribution in [1.29, 1.82) is 0 Å². The minimum absolute atomic E-state index is 0.00468. The molecule has 0 radical (unpaired) electrons. The first-order valence-electron chi connectivity index (χ1n) is 45.0. The Labute approximate surface area is 826 Å². The Hall–Kier alpha value is -12.1. The molecule has 0 saturated heterocycles. The number of rotatable bonds is 32. The van der Waals surface area contributed by atoms with Crippen molar-refractivity contribution in [3.05, 3.63) is 317 Å². The van der Waals surface area contributed by atoms with Gasteiger partial charge in [0.1, 0.15) is 88.8 Å². The fraction of sp³-hybridized carbons (Fsp3) is 0.361. The maximum absolute atomic E-state index is 14.2. The third-order valence-corrected chi connectivity index (χ3v) is 28.8. The molecule has 2 unspecified atom stereocenters. The van der Waals surface area contributed by atoms with Crippen LogP contribution in [0.2, 0.25) is 0 Å². The molecule has 45 heteroatoms. The van der Waals surface area contributed by atoms with Crippen LogP contribution >= 0.6 is 45.4 Å². The predicted molar refractivity (Wildman–Crippen MR) is 520 cm³/mol. The van der Waals surface area contributed by atoms with Crippen molar-refractivity contribution >= 4 is 84.9 Å². The summed E-state index contributed by atoms with van der Waals surface area (Å²) in [4.78, 5) is 144. The van der Waals surface area contributed by atoms with E-state index < -0.39 is 120 Å². The van der Waals surface area contributed by atoms with Crippen molar-refractivity contribution in [2.45, 2.75) is 178 Å². The van der Waals surface area contributed by atoms with E-state index in [4.69, 9.17) is 51.3 Å². The van der Waals surface area contributed by atoms with Crippen LogP contribution in [-0.4, -0.2) is 130 Å². The lowest BCUT2D eigenvalue weighted by molar-refractivity contribution is -0.0570. The first-order chi connectivity index (χ1) is 67.4. The Morgan fingerprint density at radius 2 is 0.641 bits per heavy atom. The molecule has 0 spiro atoms. The molecule has 7 N–H and O–H groups in total. The van der Waals surface area contributed by atoms with Gasteiger partial charge in [-0.2, -0.15) is 0 Å². The molecule has 4 aromatic heterocycles. The highest BCUT2D eigenvalue weighted by molar-refractivity contribution is 14.1. The van der Waals surface area contributed by atoms with Gasteiger partial charge < -0.3 is 87.4 Å². The summed E-state index contributed by atoms with van der Waals surface area (Å²) >= 11 is 2.01. The first kappa shape index (κ1) is 109. The molecule has 15 rings (SSSR count). The smallest absolute Gasteiger partial charge is 0.361 e. The van der Waals surface area contributed by atoms with Crippen LogP contribution in [0.25, 0.3) is 0 Å². The molecule has 4 amide bonds. The number of hydrogen-bond acceptors (Lipinski definition) is 27. The molecule has 4 aliphatic heterocycles. The van der Waals surface area contributed by atoms with Gasteiger partial charge in [0.25, 0.3) is 45.9 Å². The van der Waals surface area contributed by atoms with E-state index in [2.05, 4.69) is 41.2 Å². The number of nitrogens with zero attached hydrogens (tertiary/aromatic N) is 8. The number of aromatic nitrogens is 8. The average Bonchev–Trinajstić information content (AvgIpc) is 0.778. The van der Waals surface area contributed by atoms with Crippen LogP contribution in [0.1, 0.15) is 187 Å². The number of aromatic hydroxyl groups is 1. The Morgan fingerprint density at radius 1 is 0.380 bits per heavy atom. The molecule has 8 heterocycles. The van der Waals surface area contributed by atoms with Gasteiger partial charge in [-0.05, 0) is 193 Å². The second-order valence-corrected chi connectivity index (χ2v) is 40.8. The van der Waals surface area contributed by atoms with Crippen molar-refractivity contribution in [1.82, 2.24) is 59.5 Å². The third kappa shape index (κ3) is 26.1. The molecule has 756 valence electrons. The first-order valence-corrected chi connectivity index (χ1v) is 50.8. The highest BCUT2D eigenvalue weighted by Crippen LogP contribution is 2.49. The van der Waals surface area contributed by atoms with Crippen molar-refractivity contribution in [2.24, 2.45) is 0 Å². The van der Waals surface area contributed by atoms with Gasteiger partial charge in [0.2, 0.25) is 23.0 Å². The molecule has 7 aromatic carbocycles. The number of nitrogens with one attached hydrogen (secondary N) is 4. The zero-order valence-electron chi connectivity index (χ0n) is 79.7. The summed E-state index contributed by atoms with van der Waals surface area (Å²) in [5.74, 6) is -5.60. The molecule has 4 aliphatic rings. The third-order valence-electron chi connectivity index (χ3n) is 22.4. The lowest BCUT2D eigenvalue weighted by atomic mass is 10.1. The van der Waals surface area contributed by atoms with Crippen LogP contribution in [-0.2, 0) is 145 Å². The fourth-order valence-corrected chi connectivity index (χ4v) is 20.5. The highest BCUT2D eigenvalue weighted by atomic mass is 127. The van der Waals surface area contributed by atoms with E-state index in [1.54, 1.807) is 75.3 Å². The van der Waals surface area contributed by atoms with Gasteiger partial charge in [-0.1, -0.05) is 115 Å². The molecular formula is C97H108F4IN12O25P3. The van der Waals surface area contributed by atoms with Gasteiger partial charge in [-0.15, -0.1) is 0 Å². The van der Waals surface area contributed by atoms with E-state index in [0.29, 0.717) is 47.1 Å². The number of benzene rings is 7. The Morgan fingerprint density at radius 3 is 0.944 bits per heavy atom. The number of carbonyl (C=O) groups is 4. The topological polar surface area (TPSA) is 469 Å². The molecule has 0 fully saturated rings. The van der Waals surface area contributed by atoms with Crippen LogP contribution in [0.4, 0.5) is 17.6 Å². The van der Waals surface area contributed by atoms with E-state index >= 15 is 0 Å². The van der Waals surface area contributed by atoms with Crippen molar-refractivity contribution in [2.75, 3.05) is 52.9 Å². The second kappa shape index (κ2) is 46.9. The van der Waals surface area contributed by atoms with Gasteiger partial charge in [0.15, 0.2) is 22.8 Å². The lowest BCUT2D eigenvalue weighted by Crippen LogP contribution is -2.43. The molecule has 142 heavy (non-hydrogen) atoms. The molecule has 0 bridgehead atoms. The number of halogens is 5. The van der Waals surface area contributed by atoms with Crippen molar-refractivity contribution < 1.29 is 117 Å². The molecule has 37 nitrogen and oxygen atoms in total. The standard InChI is InChI=1S/C28H33FN3O7P.C26H29FN3O7P.C24H23FIN3O4.C19H23FN3O7P/c1-5-38-40(35,39-6-2)22-16-21(29)13-12-20(22)17-30-25(33)23-24(36-18-19-10-8-7-9-11-19)26(34)32-14-15-37-28(3,4)27(32)31-23;1-4-37-38(33,34)20-14-19(27)11-10-18(20)15-28-23(31)21-22(35-16-17-8-6-5-7-9-17)24(32)30-12-13-36-26(2,3)25(30)29-21;1-24(2)23-28-19(21(30)27-13-16-8-9-17(25)12-18(16)26)20(22(31)29(23)10-11-33-24)32-14-15-6-4-3-5-7-15;1-4-30-31(27,28)13-9-12(20)6-5-11(13)10-21-16(25)14-15(24)17(26)23-7-8-29-19(2,3)18(23)22-14/h7-13,16H,5-6,14-15,17-18H2,1-4H3,(H,30,33);5-11,14H,4,12-13,15-16H2,1-3H3,(H,28,31)(H,33,34);3-9,12H,10-11,13-14H2,1-2H3,(H,27,30);5-6,9,24H,4,7-8,10H2,1-3H3,(H,21,25)(H,27,28). The van der Waals surface area contributed by atoms with Gasteiger partial charge in [-0.3, -0.25) is 70.3 Å². The van der Waals surface area contributed by atoms with Crippen LogP contribution in [0, 0.1) is 26.8 Å². The maximum atomic E-state index is 14.2. The number of carbonyl (C=O) groups excluding carboxylic acids is 4. The zero-order valence-corrected chi connectivity index (χ0v) is 84.5. The number of fused-ring (bicyclic) bond motifs is 4. The van der Waals surface area contributed by atoms with Crippen LogP contribution in [0.15, 0.2) is 183 Å². The molecule has 0 aliphatic carbocycles. The highest BCUT2D eigenvalue weighted by Gasteiger charge is 2.42. The van der Waals surface area contributed by atoms with Gasteiger partial charge in [0.05, 0.1) is 94.9 Å². The number of ether oxygens (including phenoxy) is 7. The number of amides is 4. The van der Waals surface area contributed by atoms with Gasteiger partial charge in [0, 0.05) is 29.7 Å². The molecular weight excluding hydrogens is 2030 g/mol. The Balaban J connectivity index is 0.000000170. The SMILES string of the molecule is CC1(C)OCCn2c1nc(C(=O)NCc1ccc(F)cc1I)c(OCc1ccccc1)c2=O.CCOP(=O)(O)c1cc(F)ccc1CNC(=O)c1nc2n(c(=O)c1O)CCOC2(C)C.CCOP(=O)(O)c1cc(F)ccc1CNC(=O)c1nc2n(c(=O)c1OCc1ccccc1)CCOC2(C)C.CCOP(=O)(OCC)c1cc(F)ccc1CNC(=O)c1nc2n(c(=O)c1OCc1ccccc1)CCOC2(C)C. The Bertz CT molecular complexity index is 6910. The van der Waals surface area contributed by atoms with E-state index in [1.807, 2.05) is 114 Å². The summed E-state index contributed by atoms with van der Waals surface area (Å²) in [6.07, 6.45) is 0. The van der Waals surface area contributed by atoms with E-state index in [9.17, 15) is 84.5 Å². The normalized spacial score (nSPS) is 15.3. The van der Waals surface area contributed by atoms with E-state index in [0.717, 1.165) is 52.6 Å². The van der Waals surface area contributed by atoms with Crippen LogP contribution in [0.3, 0.4) is 0 Å². The summed E-state index contributed by atoms with van der Waals surface area (Å²) in [6, 6.07) is 42.2. The molecule has 0 saturated carbocycles. The minimum atomic E-state index is -4.34. The summed E-state index contributed by atoms with van der Waals surface area (Å²) in [5, 5.41) is 20.2. The van der Waals surface area contributed by atoms with Crippen molar-refractivity contribution in [3.63, 3.8) is 0 Å². The van der Waals surface area contributed by atoms with Gasteiger partial charge >= 0.3 is 22.8 Å². The molecule has 2 atom stereocenters. The lowest BCUT2D eigenvalue weighted by Gasteiger charge is -2.33. The largest absolute Gasteiger partial charge is 0.501 e. The summed E-state index contributed by atoms with van der Waals surface area (Å²) < 4.78 is 161. The van der Waals surface area contributed by atoms with Gasteiger partial charge in [-0.25, -0.2) is 37.5 Å². The van der Waals surface area contributed by atoms with E-state index in [-0.39, 0.29) is 178 Å². The average molecular weight is 2140 g/mol. The second-order valence-electron chi connectivity index (χ2n) is 34.1. The predicted octanol–water partition coefficient (Wildman–Crippen LogP) is 11.9. The maximum Gasteiger partial charge on any atom is 0.361 e. The number of hydrogen-bond donors (Lipinski definition) is 7.